The Bertz CT molecular complexity index is 581. The van der Waals surface area contributed by atoms with E-state index in [0.717, 1.165) is 37.0 Å². The third-order valence-corrected chi connectivity index (χ3v) is 3.47. The summed E-state index contributed by atoms with van der Waals surface area (Å²) in [7, 11) is 2.03. The lowest BCUT2D eigenvalue weighted by atomic mass is 10.1. The number of nitrogens with zero attached hydrogens (tertiary/aromatic N) is 3. The highest BCUT2D eigenvalue weighted by atomic mass is 15.2. The van der Waals surface area contributed by atoms with Gasteiger partial charge in [-0.3, -0.25) is 0 Å². The van der Waals surface area contributed by atoms with Gasteiger partial charge in [0.2, 0.25) is 5.95 Å². The van der Waals surface area contributed by atoms with Gasteiger partial charge in [-0.05, 0) is 24.8 Å². The molecule has 1 aromatic carbocycles. The molecule has 0 aliphatic heterocycles. The van der Waals surface area contributed by atoms with Crippen LogP contribution in [0, 0.1) is 12.8 Å². The van der Waals surface area contributed by atoms with E-state index in [1.54, 1.807) is 0 Å². The molecule has 0 bridgehead atoms. The molecule has 0 fully saturated rings. The van der Waals surface area contributed by atoms with Crippen LogP contribution in [0.2, 0.25) is 0 Å². The lowest BCUT2D eigenvalue weighted by Gasteiger charge is -2.19. The monoisotopic (exact) mass is 298 g/mol. The van der Waals surface area contributed by atoms with Crippen LogP contribution < -0.4 is 10.2 Å². The topological polar surface area (TPSA) is 41.1 Å². The Balaban J connectivity index is 2.05. The predicted molar refractivity (Wildman–Crippen MR) is 93.3 cm³/mol. The summed E-state index contributed by atoms with van der Waals surface area (Å²) in [6.07, 6.45) is 1.14. The van der Waals surface area contributed by atoms with Gasteiger partial charge in [-0.1, -0.05) is 44.2 Å². The second-order valence-electron chi connectivity index (χ2n) is 6.15. The van der Waals surface area contributed by atoms with E-state index in [2.05, 4.69) is 58.3 Å². The smallest absolute Gasteiger partial charge is 0.227 e. The summed E-state index contributed by atoms with van der Waals surface area (Å²) in [5.41, 5.74) is 2.24. The van der Waals surface area contributed by atoms with Crippen molar-refractivity contribution in [3.63, 3.8) is 0 Å². The van der Waals surface area contributed by atoms with Gasteiger partial charge in [-0.25, -0.2) is 4.98 Å². The first kappa shape index (κ1) is 16.3. The van der Waals surface area contributed by atoms with Crippen molar-refractivity contribution in [2.75, 3.05) is 23.8 Å². The fourth-order valence-corrected chi connectivity index (χ4v) is 2.23. The molecule has 1 heterocycles. The van der Waals surface area contributed by atoms with Crippen molar-refractivity contribution in [1.82, 2.24) is 9.97 Å². The highest BCUT2D eigenvalue weighted by Gasteiger charge is 2.08. The third kappa shape index (κ3) is 5.02. The van der Waals surface area contributed by atoms with Crippen LogP contribution in [0.5, 0.6) is 0 Å². The summed E-state index contributed by atoms with van der Waals surface area (Å²) in [5.74, 6) is 2.36. The minimum Gasteiger partial charge on any atom is -0.370 e. The van der Waals surface area contributed by atoms with Crippen LogP contribution in [-0.2, 0) is 6.54 Å². The molecule has 2 rings (SSSR count). The zero-order chi connectivity index (χ0) is 15.9. The number of rotatable bonds is 7. The summed E-state index contributed by atoms with van der Waals surface area (Å²) in [6.45, 7) is 8.21. The highest BCUT2D eigenvalue weighted by molar-refractivity contribution is 5.43. The molecule has 0 amide bonds. The van der Waals surface area contributed by atoms with Gasteiger partial charge in [0, 0.05) is 31.9 Å². The Hall–Kier alpha value is -2.10. The number of nitrogens with one attached hydrogen (secondary N) is 1. The molecule has 1 N–H and O–H groups in total. The molecule has 0 saturated carbocycles. The van der Waals surface area contributed by atoms with E-state index in [0.29, 0.717) is 5.92 Å². The van der Waals surface area contributed by atoms with Crippen molar-refractivity contribution in [1.29, 1.82) is 0 Å². The van der Waals surface area contributed by atoms with Gasteiger partial charge in [0.1, 0.15) is 5.82 Å². The van der Waals surface area contributed by atoms with Crippen LogP contribution in [-0.4, -0.2) is 23.6 Å². The molecule has 0 radical (unpaired) electrons. The number of benzene rings is 1. The van der Waals surface area contributed by atoms with Crippen LogP contribution >= 0.6 is 0 Å². The van der Waals surface area contributed by atoms with Gasteiger partial charge < -0.3 is 10.2 Å². The molecule has 0 unspecified atom stereocenters. The molecule has 0 aliphatic carbocycles. The van der Waals surface area contributed by atoms with Crippen LogP contribution in [0.3, 0.4) is 0 Å². The summed E-state index contributed by atoms with van der Waals surface area (Å²) in [6, 6.07) is 12.4. The number of hydrogen-bond donors (Lipinski definition) is 1. The molecule has 0 spiro atoms. The minimum absolute atomic E-state index is 0.690. The van der Waals surface area contributed by atoms with E-state index in [4.69, 9.17) is 0 Å². The zero-order valence-electron chi connectivity index (χ0n) is 14.0. The molecule has 0 atom stereocenters. The average Bonchev–Trinajstić information content (AvgIpc) is 2.47. The van der Waals surface area contributed by atoms with Crippen molar-refractivity contribution >= 4 is 11.8 Å². The maximum atomic E-state index is 4.63. The molecule has 2 aromatic rings. The second kappa shape index (κ2) is 7.78. The zero-order valence-corrected chi connectivity index (χ0v) is 14.0. The van der Waals surface area contributed by atoms with Gasteiger partial charge >= 0.3 is 0 Å². The third-order valence-electron chi connectivity index (χ3n) is 3.47. The molecule has 1 aromatic heterocycles. The summed E-state index contributed by atoms with van der Waals surface area (Å²) < 4.78 is 0. The van der Waals surface area contributed by atoms with Gasteiger partial charge in [-0.2, -0.15) is 4.98 Å². The molecule has 0 saturated heterocycles. The lowest BCUT2D eigenvalue weighted by molar-refractivity contribution is 0.606. The van der Waals surface area contributed by atoms with Crippen LogP contribution in [0.15, 0.2) is 36.4 Å². The van der Waals surface area contributed by atoms with E-state index in [-0.39, 0.29) is 0 Å². The first-order chi connectivity index (χ1) is 10.5. The molecule has 4 nitrogen and oxygen atoms in total. The molecule has 22 heavy (non-hydrogen) atoms. The molecular weight excluding hydrogens is 272 g/mol. The van der Waals surface area contributed by atoms with Crippen molar-refractivity contribution in [3.8, 4) is 0 Å². The van der Waals surface area contributed by atoms with E-state index >= 15 is 0 Å². The van der Waals surface area contributed by atoms with Gasteiger partial charge in [0.15, 0.2) is 0 Å². The lowest BCUT2D eigenvalue weighted by Crippen LogP contribution is -2.20. The van der Waals surface area contributed by atoms with Crippen molar-refractivity contribution in [2.24, 2.45) is 5.92 Å². The van der Waals surface area contributed by atoms with Gasteiger partial charge in [-0.15, -0.1) is 0 Å². The number of aromatic nitrogens is 2. The fourth-order valence-electron chi connectivity index (χ4n) is 2.23. The SMILES string of the molecule is Cc1cc(NCCC(C)C)nc(N(C)Cc2ccccc2)n1. The van der Waals surface area contributed by atoms with E-state index in [1.807, 2.05) is 26.1 Å². The van der Waals surface area contributed by atoms with Crippen LogP contribution in [0.1, 0.15) is 31.5 Å². The minimum atomic E-state index is 0.690. The average molecular weight is 298 g/mol. The van der Waals surface area contributed by atoms with Gasteiger partial charge in [0.05, 0.1) is 0 Å². The standard InChI is InChI=1S/C18H26N4/c1-14(2)10-11-19-17-12-15(3)20-18(21-17)22(4)13-16-8-6-5-7-9-16/h5-9,12,14H,10-11,13H2,1-4H3,(H,19,20,21). The Kier molecular flexibility index (Phi) is 5.75. The van der Waals surface area contributed by atoms with Crippen LogP contribution in [0.25, 0.3) is 0 Å². The Morgan fingerprint density at radius 3 is 2.55 bits per heavy atom. The Morgan fingerprint density at radius 2 is 1.86 bits per heavy atom. The van der Waals surface area contributed by atoms with E-state index < -0.39 is 0 Å². The van der Waals surface area contributed by atoms with Crippen molar-refractivity contribution < 1.29 is 0 Å². The highest BCUT2D eigenvalue weighted by Crippen LogP contribution is 2.15. The normalized spacial score (nSPS) is 10.8. The maximum absolute atomic E-state index is 4.63. The van der Waals surface area contributed by atoms with Crippen molar-refractivity contribution in [3.05, 3.63) is 47.7 Å². The van der Waals surface area contributed by atoms with E-state index in [1.165, 1.54) is 5.56 Å². The molecular formula is C18H26N4. The molecule has 118 valence electrons. The van der Waals surface area contributed by atoms with Crippen molar-refractivity contribution in [2.45, 2.75) is 33.7 Å². The Labute approximate surface area is 133 Å². The van der Waals surface area contributed by atoms with Gasteiger partial charge in [0.25, 0.3) is 0 Å². The second-order valence-corrected chi connectivity index (χ2v) is 6.15. The predicted octanol–water partition coefficient (Wildman–Crippen LogP) is 3.88. The molecule has 4 heteroatoms. The Morgan fingerprint density at radius 1 is 1.14 bits per heavy atom. The maximum Gasteiger partial charge on any atom is 0.227 e. The quantitative estimate of drug-likeness (QED) is 0.842. The summed E-state index contributed by atoms with van der Waals surface area (Å²) in [5, 5.41) is 3.40. The first-order valence-electron chi connectivity index (χ1n) is 7.89. The molecule has 0 aliphatic rings. The first-order valence-corrected chi connectivity index (χ1v) is 7.89. The number of anilines is 2. The summed E-state index contributed by atoms with van der Waals surface area (Å²) >= 11 is 0. The number of aryl methyl sites for hydroxylation is 1. The van der Waals surface area contributed by atoms with Crippen LogP contribution in [0.4, 0.5) is 11.8 Å². The fraction of sp³-hybridized carbons (Fsp3) is 0.444. The van der Waals surface area contributed by atoms with E-state index in [9.17, 15) is 0 Å². The summed E-state index contributed by atoms with van der Waals surface area (Å²) in [4.78, 5) is 11.3. The number of hydrogen-bond acceptors (Lipinski definition) is 4. The largest absolute Gasteiger partial charge is 0.370 e.